The predicted octanol–water partition coefficient (Wildman–Crippen LogP) is 2.52. The lowest BCUT2D eigenvalue weighted by atomic mass is 9.96. The van der Waals surface area contributed by atoms with Gasteiger partial charge in [-0.1, -0.05) is 5.16 Å². The van der Waals surface area contributed by atoms with E-state index in [0.29, 0.717) is 30.6 Å². The summed E-state index contributed by atoms with van der Waals surface area (Å²) in [7, 11) is 0. The molecule has 24 heavy (non-hydrogen) atoms. The number of hydrogen-bond donors (Lipinski definition) is 1. The number of piperidine rings is 1. The van der Waals surface area contributed by atoms with E-state index < -0.39 is 34.7 Å². The number of aromatic hydroxyl groups is 1. The van der Waals surface area contributed by atoms with Crippen molar-refractivity contribution in [1.29, 1.82) is 0 Å². The Hall–Kier alpha value is -2.58. The van der Waals surface area contributed by atoms with Crippen LogP contribution >= 0.6 is 0 Å². The second kappa shape index (κ2) is 6.14. The summed E-state index contributed by atoms with van der Waals surface area (Å²) in [6.07, 6.45) is 1.04. The van der Waals surface area contributed by atoms with Gasteiger partial charge in [0.05, 0.1) is 5.56 Å². The molecule has 1 aromatic heterocycles. The molecule has 1 aromatic carbocycles. The summed E-state index contributed by atoms with van der Waals surface area (Å²) < 4.78 is 45.4. The Morgan fingerprint density at radius 3 is 2.54 bits per heavy atom. The fourth-order valence-electron chi connectivity index (χ4n) is 2.72. The number of benzene rings is 1. The van der Waals surface area contributed by atoms with Crippen molar-refractivity contribution in [2.45, 2.75) is 25.7 Å². The molecule has 0 saturated carbocycles. The maximum Gasteiger partial charge on any atom is 0.257 e. The number of likely N-dealkylation sites (tertiary alicyclic amines) is 1. The molecular weight excluding hydrogens is 327 g/mol. The molecule has 128 valence electrons. The van der Waals surface area contributed by atoms with Crippen molar-refractivity contribution in [1.82, 2.24) is 15.0 Å². The molecule has 1 saturated heterocycles. The first-order valence-corrected chi connectivity index (χ1v) is 7.34. The first-order chi connectivity index (χ1) is 11.4. The normalized spacial score (nSPS) is 15.8. The van der Waals surface area contributed by atoms with E-state index in [1.165, 1.54) is 4.90 Å². The van der Waals surface area contributed by atoms with Crippen molar-refractivity contribution >= 4 is 5.91 Å². The van der Waals surface area contributed by atoms with Crippen LogP contribution in [0.4, 0.5) is 13.2 Å². The lowest BCUT2D eigenvalue weighted by molar-refractivity contribution is 0.0698. The van der Waals surface area contributed by atoms with Crippen LogP contribution in [0.5, 0.6) is 5.75 Å². The van der Waals surface area contributed by atoms with Gasteiger partial charge >= 0.3 is 0 Å². The van der Waals surface area contributed by atoms with E-state index in [1.54, 1.807) is 6.92 Å². The second-order valence-electron chi connectivity index (χ2n) is 5.63. The molecule has 3 rings (SSSR count). The van der Waals surface area contributed by atoms with E-state index in [1.807, 2.05) is 0 Å². The van der Waals surface area contributed by atoms with Gasteiger partial charge in [-0.05, 0) is 25.8 Å². The quantitative estimate of drug-likeness (QED) is 0.849. The number of aryl methyl sites for hydroxylation is 1. The Balaban J connectivity index is 1.74. The van der Waals surface area contributed by atoms with E-state index in [2.05, 4.69) is 10.1 Å². The predicted molar refractivity (Wildman–Crippen MR) is 74.9 cm³/mol. The Labute approximate surface area is 134 Å². The molecule has 1 aliphatic heterocycles. The standard InChI is InChI=1S/C15H14F3N3O3/c1-7-19-14(24-20-7)8-2-4-21(5-3-8)15(23)9-6-10(16)12(18)13(22)11(9)17/h6,8,22H,2-5H2,1H3. The van der Waals surface area contributed by atoms with E-state index in [9.17, 15) is 23.1 Å². The van der Waals surface area contributed by atoms with Gasteiger partial charge in [-0.2, -0.15) is 9.37 Å². The highest BCUT2D eigenvalue weighted by Gasteiger charge is 2.30. The van der Waals surface area contributed by atoms with Crippen LogP contribution in [0.3, 0.4) is 0 Å². The van der Waals surface area contributed by atoms with Gasteiger partial charge < -0.3 is 14.5 Å². The number of rotatable bonds is 2. The molecule has 2 aromatic rings. The number of hydrogen-bond acceptors (Lipinski definition) is 5. The van der Waals surface area contributed by atoms with Gasteiger partial charge in [0.1, 0.15) is 0 Å². The number of carbonyl (C=O) groups is 1. The van der Waals surface area contributed by atoms with Crippen LogP contribution in [0.15, 0.2) is 10.6 Å². The maximum atomic E-state index is 13.9. The van der Waals surface area contributed by atoms with E-state index in [4.69, 9.17) is 4.52 Å². The summed E-state index contributed by atoms with van der Waals surface area (Å²) in [6.45, 7) is 2.23. The Kier molecular flexibility index (Phi) is 4.16. The number of nitrogens with zero attached hydrogens (tertiary/aromatic N) is 3. The van der Waals surface area contributed by atoms with Gasteiger partial charge in [-0.15, -0.1) is 0 Å². The molecule has 1 N–H and O–H groups in total. The molecule has 1 amide bonds. The minimum atomic E-state index is -1.71. The second-order valence-corrected chi connectivity index (χ2v) is 5.63. The van der Waals surface area contributed by atoms with Crippen molar-refractivity contribution in [2.75, 3.05) is 13.1 Å². The van der Waals surface area contributed by atoms with Gasteiger partial charge in [0.2, 0.25) is 11.7 Å². The highest BCUT2D eigenvalue weighted by atomic mass is 19.2. The minimum absolute atomic E-state index is 0.0153. The van der Waals surface area contributed by atoms with E-state index in [0.717, 1.165) is 0 Å². The third kappa shape index (κ3) is 2.81. The van der Waals surface area contributed by atoms with Crippen molar-refractivity contribution in [3.05, 3.63) is 40.8 Å². The van der Waals surface area contributed by atoms with E-state index in [-0.39, 0.29) is 19.0 Å². The van der Waals surface area contributed by atoms with Gasteiger partial charge in [0, 0.05) is 19.0 Å². The number of amides is 1. The summed E-state index contributed by atoms with van der Waals surface area (Å²) in [4.78, 5) is 17.8. The molecule has 0 aliphatic carbocycles. The number of halogens is 3. The average Bonchev–Trinajstić information content (AvgIpc) is 3.02. The third-order valence-corrected chi connectivity index (χ3v) is 4.04. The fourth-order valence-corrected chi connectivity index (χ4v) is 2.72. The van der Waals surface area contributed by atoms with Crippen molar-refractivity contribution in [3.8, 4) is 5.75 Å². The highest BCUT2D eigenvalue weighted by Crippen LogP contribution is 2.30. The van der Waals surface area contributed by atoms with Gasteiger partial charge in [-0.25, -0.2) is 8.78 Å². The molecule has 0 unspecified atom stereocenters. The van der Waals surface area contributed by atoms with E-state index >= 15 is 0 Å². The monoisotopic (exact) mass is 341 g/mol. The Bertz CT molecular complexity index is 786. The summed E-state index contributed by atoms with van der Waals surface area (Å²) >= 11 is 0. The molecule has 1 fully saturated rings. The lowest BCUT2D eigenvalue weighted by Gasteiger charge is -2.30. The van der Waals surface area contributed by atoms with Crippen LogP contribution in [0.25, 0.3) is 0 Å². The topological polar surface area (TPSA) is 79.5 Å². The molecular formula is C15H14F3N3O3. The molecule has 0 atom stereocenters. The maximum absolute atomic E-state index is 13.9. The van der Waals surface area contributed by atoms with Crippen LogP contribution in [0, 0.1) is 24.4 Å². The number of phenols is 1. The number of aromatic nitrogens is 2. The van der Waals surface area contributed by atoms with Crippen molar-refractivity contribution in [2.24, 2.45) is 0 Å². The summed E-state index contributed by atoms with van der Waals surface area (Å²) in [5, 5.41) is 12.9. The Morgan fingerprint density at radius 1 is 1.29 bits per heavy atom. The minimum Gasteiger partial charge on any atom is -0.503 e. The fraction of sp³-hybridized carbons (Fsp3) is 0.400. The van der Waals surface area contributed by atoms with Gasteiger partial charge in [0.15, 0.2) is 23.2 Å². The average molecular weight is 341 g/mol. The zero-order valence-electron chi connectivity index (χ0n) is 12.7. The lowest BCUT2D eigenvalue weighted by Crippen LogP contribution is -2.38. The first-order valence-electron chi connectivity index (χ1n) is 7.34. The highest BCUT2D eigenvalue weighted by molar-refractivity contribution is 5.95. The smallest absolute Gasteiger partial charge is 0.257 e. The summed E-state index contributed by atoms with van der Waals surface area (Å²) in [5.74, 6) is -5.97. The summed E-state index contributed by atoms with van der Waals surface area (Å²) in [5.41, 5.74) is -0.696. The number of phenolic OH excluding ortho intramolecular Hbond substituents is 1. The van der Waals surface area contributed by atoms with Gasteiger partial charge in [0.25, 0.3) is 5.91 Å². The zero-order chi connectivity index (χ0) is 17.4. The molecule has 1 aliphatic rings. The summed E-state index contributed by atoms with van der Waals surface area (Å²) in [6, 6.07) is 0.459. The molecule has 0 spiro atoms. The molecule has 0 bridgehead atoms. The third-order valence-electron chi connectivity index (χ3n) is 4.04. The molecule has 6 nitrogen and oxygen atoms in total. The van der Waals surface area contributed by atoms with Crippen molar-refractivity contribution in [3.63, 3.8) is 0 Å². The molecule has 9 heteroatoms. The van der Waals surface area contributed by atoms with Crippen molar-refractivity contribution < 1.29 is 27.6 Å². The van der Waals surface area contributed by atoms with Gasteiger partial charge in [-0.3, -0.25) is 4.79 Å². The van der Waals surface area contributed by atoms with Crippen LogP contribution in [-0.4, -0.2) is 39.1 Å². The molecule has 2 heterocycles. The SMILES string of the molecule is Cc1noc(C2CCN(C(=O)c3cc(F)c(F)c(O)c3F)CC2)n1. The van der Waals surface area contributed by atoms with Crippen LogP contribution in [-0.2, 0) is 0 Å². The zero-order valence-corrected chi connectivity index (χ0v) is 12.7. The molecule has 0 radical (unpaired) electrons. The number of carbonyl (C=O) groups excluding carboxylic acids is 1. The largest absolute Gasteiger partial charge is 0.503 e. The van der Waals surface area contributed by atoms with Crippen LogP contribution < -0.4 is 0 Å². The van der Waals surface area contributed by atoms with Crippen LogP contribution in [0.1, 0.15) is 40.8 Å². The van der Waals surface area contributed by atoms with Crippen LogP contribution in [0.2, 0.25) is 0 Å². The first kappa shape index (κ1) is 16.3. The Morgan fingerprint density at radius 2 is 1.96 bits per heavy atom.